The topological polar surface area (TPSA) is 75.9 Å². The van der Waals surface area contributed by atoms with Crippen LogP contribution in [0.15, 0.2) is 30.6 Å². The third-order valence-corrected chi connectivity index (χ3v) is 6.96. The van der Waals surface area contributed by atoms with Gasteiger partial charge in [0.25, 0.3) is 0 Å². The normalized spacial score (nSPS) is 19.5. The number of nitrogens with zero attached hydrogens (tertiary/aromatic N) is 6. The molecule has 3 aromatic rings. The maximum absolute atomic E-state index is 12.6. The Morgan fingerprint density at radius 2 is 2.06 bits per heavy atom. The average Bonchev–Trinajstić information content (AvgIpc) is 3.47. The van der Waals surface area contributed by atoms with Crippen LogP contribution in [0.5, 0.6) is 0 Å². The molecule has 0 aliphatic carbocycles. The van der Waals surface area contributed by atoms with Crippen molar-refractivity contribution in [3.8, 4) is 0 Å². The molecular formula is C25H32N6O2. The van der Waals surface area contributed by atoms with Gasteiger partial charge in [-0.15, -0.1) is 0 Å². The second-order valence-electron chi connectivity index (χ2n) is 9.18. The third kappa shape index (κ3) is 4.77. The van der Waals surface area contributed by atoms with Crippen LogP contribution in [0.3, 0.4) is 0 Å². The molecule has 0 N–H and O–H groups in total. The molecule has 33 heavy (non-hydrogen) atoms. The molecule has 2 aliphatic rings. The molecule has 3 aromatic heterocycles. The highest BCUT2D eigenvalue weighted by Gasteiger charge is 2.27. The van der Waals surface area contributed by atoms with Crippen LogP contribution in [0.25, 0.3) is 5.65 Å². The molecule has 2 aliphatic heterocycles. The van der Waals surface area contributed by atoms with E-state index in [9.17, 15) is 4.79 Å². The Balaban J connectivity index is 1.28. The van der Waals surface area contributed by atoms with Crippen LogP contribution >= 0.6 is 0 Å². The molecule has 174 valence electrons. The van der Waals surface area contributed by atoms with Gasteiger partial charge in [-0.1, -0.05) is 6.07 Å². The van der Waals surface area contributed by atoms with Gasteiger partial charge < -0.3 is 9.64 Å². The minimum absolute atomic E-state index is 0.193. The fourth-order valence-corrected chi connectivity index (χ4v) is 5.08. The number of hydrogen-bond donors (Lipinski definition) is 0. The largest absolute Gasteiger partial charge is 0.378 e. The highest BCUT2D eigenvalue weighted by atomic mass is 16.5. The van der Waals surface area contributed by atoms with Crippen molar-refractivity contribution in [2.24, 2.45) is 0 Å². The van der Waals surface area contributed by atoms with Crippen molar-refractivity contribution in [2.45, 2.75) is 45.6 Å². The number of fused-ring (bicyclic) bond motifs is 1. The Morgan fingerprint density at radius 1 is 1.21 bits per heavy atom. The van der Waals surface area contributed by atoms with E-state index >= 15 is 0 Å². The van der Waals surface area contributed by atoms with Gasteiger partial charge in [-0.2, -0.15) is 5.10 Å². The summed E-state index contributed by atoms with van der Waals surface area (Å²) in [6.45, 7) is 9.77. The summed E-state index contributed by atoms with van der Waals surface area (Å²) in [7, 11) is 0. The summed E-state index contributed by atoms with van der Waals surface area (Å²) in [6, 6.07) is 6.27. The number of amides is 1. The monoisotopic (exact) mass is 448 g/mol. The summed E-state index contributed by atoms with van der Waals surface area (Å²) in [5.41, 5.74) is 6.46. The van der Waals surface area contributed by atoms with Crippen LogP contribution in [0.4, 0.5) is 0 Å². The van der Waals surface area contributed by atoms with Crippen LogP contribution in [-0.2, 0) is 22.5 Å². The summed E-state index contributed by atoms with van der Waals surface area (Å²) >= 11 is 0. The number of pyridine rings is 1. The fourth-order valence-electron chi connectivity index (χ4n) is 5.08. The van der Waals surface area contributed by atoms with E-state index in [0.717, 1.165) is 54.3 Å². The summed E-state index contributed by atoms with van der Waals surface area (Å²) in [6.07, 6.45) is 6.04. The summed E-state index contributed by atoms with van der Waals surface area (Å²) in [5.74, 6) is 0.604. The number of likely N-dealkylation sites (tertiary alicyclic amines) is 1. The molecule has 8 nitrogen and oxygen atoms in total. The van der Waals surface area contributed by atoms with Gasteiger partial charge in [-0.25, -0.2) is 9.50 Å². The molecule has 1 amide bonds. The van der Waals surface area contributed by atoms with Gasteiger partial charge in [0.05, 0.1) is 18.9 Å². The van der Waals surface area contributed by atoms with E-state index in [1.165, 1.54) is 5.56 Å². The molecule has 5 rings (SSSR count). The van der Waals surface area contributed by atoms with Crippen molar-refractivity contribution in [2.75, 3.05) is 39.4 Å². The van der Waals surface area contributed by atoms with E-state index in [4.69, 9.17) is 14.8 Å². The minimum Gasteiger partial charge on any atom is -0.378 e. The van der Waals surface area contributed by atoms with Gasteiger partial charge in [0.15, 0.2) is 5.65 Å². The second kappa shape index (κ2) is 9.57. The predicted molar refractivity (Wildman–Crippen MR) is 125 cm³/mol. The van der Waals surface area contributed by atoms with Crippen LogP contribution in [0.2, 0.25) is 0 Å². The SMILES string of the molecule is Cc1nc2cc([C@H]3CCN(Cc4cccnc4)C3)nn2c(C)c1CCC(=O)N1CCOCC1. The number of carbonyl (C=O) groups is 1. The Labute approximate surface area is 194 Å². The van der Waals surface area contributed by atoms with Crippen LogP contribution in [0.1, 0.15) is 47.0 Å². The van der Waals surface area contributed by atoms with Gasteiger partial charge in [0.2, 0.25) is 5.91 Å². The number of aromatic nitrogens is 4. The average molecular weight is 449 g/mol. The van der Waals surface area contributed by atoms with E-state index < -0.39 is 0 Å². The first-order valence-corrected chi connectivity index (χ1v) is 11.9. The summed E-state index contributed by atoms with van der Waals surface area (Å²) in [4.78, 5) is 26.1. The summed E-state index contributed by atoms with van der Waals surface area (Å²) in [5, 5.41) is 4.96. The number of ether oxygens (including phenoxy) is 1. The van der Waals surface area contributed by atoms with Crippen molar-refractivity contribution in [1.29, 1.82) is 0 Å². The lowest BCUT2D eigenvalue weighted by molar-refractivity contribution is -0.135. The molecule has 0 bridgehead atoms. The number of carbonyl (C=O) groups excluding carboxylic acids is 1. The molecule has 0 saturated carbocycles. The fraction of sp³-hybridized carbons (Fsp3) is 0.520. The molecule has 2 fully saturated rings. The van der Waals surface area contributed by atoms with E-state index in [1.54, 1.807) is 0 Å². The van der Waals surface area contributed by atoms with E-state index in [0.29, 0.717) is 45.1 Å². The first-order valence-electron chi connectivity index (χ1n) is 11.9. The zero-order valence-corrected chi connectivity index (χ0v) is 19.5. The van der Waals surface area contributed by atoms with Crippen LogP contribution in [-0.4, -0.2) is 74.7 Å². The van der Waals surface area contributed by atoms with Crippen LogP contribution < -0.4 is 0 Å². The highest BCUT2D eigenvalue weighted by Crippen LogP contribution is 2.29. The van der Waals surface area contributed by atoms with Gasteiger partial charge in [0.1, 0.15) is 0 Å². The Morgan fingerprint density at radius 3 is 2.85 bits per heavy atom. The van der Waals surface area contributed by atoms with Gasteiger partial charge in [-0.05, 0) is 50.4 Å². The van der Waals surface area contributed by atoms with E-state index in [2.05, 4.69) is 28.9 Å². The first kappa shape index (κ1) is 22.0. The molecule has 1 atom stereocenters. The van der Waals surface area contributed by atoms with Gasteiger partial charge >= 0.3 is 0 Å². The second-order valence-corrected chi connectivity index (χ2v) is 9.18. The molecule has 8 heteroatoms. The van der Waals surface area contributed by atoms with Crippen LogP contribution in [0, 0.1) is 13.8 Å². The standard InChI is InChI=1S/C25H32N6O2/c1-18-22(5-6-25(32)30-10-12-33-13-11-30)19(2)31-24(27-18)14-23(28-31)21-7-9-29(17-21)16-20-4-3-8-26-15-20/h3-4,8,14-15,21H,5-7,9-13,16-17H2,1-2H3/t21-/m0/s1. The summed E-state index contributed by atoms with van der Waals surface area (Å²) < 4.78 is 7.33. The lowest BCUT2D eigenvalue weighted by atomic mass is 10.1. The maximum atomic E-state index is 12.6. The predicted octanol–water partition coefficient (Wildman–Crippen LogP) is 2.52. The third-order valence-electron chi connectivity index (χ3n) is 6.96. The van der Waals surface area contributed by atoms with E-state index in [1.807, 2.05) is 34.8 Å². The zero-order chi connectivity index (χ0) is 22.8. The van der Waals surface area contributed by atoms with E-state index in [-0.39, 0.29) is 5.91 Å². The molecular weight excluding hydrogens is 416 g/mol. The molecule has 0 unspecified atom stereocenters. The Hall–Kier alpha value is -2.84. The number of rotatable bonds is 6. The van der Waals surface area contributed by atoms with Crippen molar-refractivity contribution in [3.63, 3.8) is 0 Å². The minimum atomic E-state index is 0.193. The Kier molecular flexibility index (Phi) is 6.37. The quantitative estimate of drug-likeness (QED) is 0.577. The van der Waals surface area contributed by atoms with Crippen molar-refractivity contribution in [1.82, 2.24) is 29.4 Å². The van der Waals surface area contributed by atoms with Gasteiger partial charge in [-0.3, -0.25) is 14.7 Å². The number of morpholine rings is 1. The van der Waals surface area contributed by atoms with Gasteiger partial charge in [0, 0.05) is 68.4 Å². The zero-order valence-electron chi connectivity index (χ0n) is 19.5. The van der Waals surface area contributed by atoms with Crippen molar-refractivity contribution in [3.05, 3.63) is 58.8 Å². The van der Waals surface area contributed by atoms with Crippen molar-refractivity contribution >= 4 is 11.6 Å². The molecule has 0 radical (unpaired) electrons. The molecule has 2 saturated heterocycles. The first-order chi connectivity index (χ1) is 16.1. The highest BCUT2D eigenvalue weighted by molar-refractivity contribution is 5.76. The molecule has 0 aromatic carbocycles. The lowest BCUT2D eigenvalue weighted by Gasteiger charge is -2.27. The smallest absolute Gasteiger partial charge is 0.223 e. The molecule has 5 heterocycles. The Bertz CT molecular complexity index is 1120. The lowest BCUT2D eigenvalue weighted by Crippen LogP contribution is -2.40. The number of aryl methyl sites for hydroxylation is 2. The number of hydrogen-bond acceptors (Lipinski definition) is 6. The molecule has 0 spiro atoms. The van der Waals surface area contributed by atoms with Crippen molar-refractivity contribution < 1.29 is 9.53 Å². The maximum Gasteiger partial charge on any atom is 0.223 e.